The molecule has 8 heteroatoms. The molecule has 5 aromatic rings. The van der Waals surface area contributed by atoms with Gasteiger partial charge in [0.2, 0.25) is 0 Å². The van der Waals surface area contributed by atoms with Crippen LogP contribution in [-0.2, 0) is 0 Å². The number of piperazine rings is 1. The van der Waals surface area contributed by atoms with Gasteiger partial charge in [0, 0.05) is 59.3 Å². The molecule has 1 aliphatic heterocycles. The van der Waals surface area contributed by atoms with E-state index in [0.29, 0.717) is 29.5 Å². The van der Waals surface area contributed by atoms with E-state index in [9.17, 15) is 9.18 Å². The minimum Gasteiger partial charge on any atom is -0.355 e. The van der Waals surface area contributed by atoms with E-state index in [1.165, 1.54) is 19.2 Å². The molecule has 0 bridgehead atoms. The smallest absolute Gasteiger partial charge is 0.150 e. The lowest BCUT2D eigenvalue weighted by molar-refractivity contribution is 0.112. The number of thiazole rings is 1. The molecule has 2 atom stereocenters. The zero-order chi connectivity index (χ0) is 26.6. The normalized spacial score (nSPS) is 17.7. The van der Waals surface area contributed by atoms with Crippen molar-refractivity contribution >= 4 is 50.1 Å². The Morgan fingerprint density at radius 3 is 2.55 bits per heavy atom. The van der Waals surface area contributed by atoms with Gasteiger partial charge in [0.15, 0.2) is 0 Å². The zero-order valence-electron chi connectivity index (χ0n) is 21.6. The van der Waals surface area contributed by atoms with Gasteiger partial charge in [-0.3, -0.25) is 9.78 Å². The number of fused-ring (bicyclic) bond motifs is 2. The van der Waals surface area contributed by atoms with Crippen LogP contribution in [-0.4, -0.2) is 53.4 Å². The molecular formula is C30H30FN5OS. The molecule has 2 unspecified atom stereocenters. The molecule has 0 spiro atoms. The van der Waals surface area contributed by atoms with Crippen molar-refractivity contribution in [3.63, 3.8) is 0 Å². The van der Waals surface area contributed by atoms with E-state index in [0.717, 1.165) is 38.1 Å². The summed E-state index contributed by atoms with van der Waals surface area (Å²) in [6, 6.07) is 19.4. The Labute approximate surface area is 225 Å². The summed E-state index contributed by atoms with van der Waals surface area (Å²) in [6.07, 6.45) is 2.38. The Morgan fingerprint density at radius 1 is 1.00 bits per heavy atom. The van der Waals surface area contributed by atoms with Gasteiger partial charge in [-0.15, -0.1) is 11.3 Å². The molecule has 2 N–H and O–H groups in total. The highest BCUT2D eigenvalue weighted by atomic mass is 32.1. The fraction of sp³-hybridized carbons (Fsp3) is 0.233. The molecule has 0 amide bonds. The Balaban J connectivity index is 0.000000278. The van der Waals surface area contributed by atoms with Crippen LogP contribution in [0.1, 0.15) is 24.2 Å². The second-order valence-corrected chi connectivity index (χ2v) is 10.7. The van der Waals surface area contributed by atoms with E-state index in [-0.39, 0.29) is 0 Å². The molecule has 0 saturated carbocycles. The van der Waals surface area contributed by atoms with Crippen LogP contribution in [0.5, 0.6) is 0 Å². The number of benzene rings is 3. The highest BCUT2D eigenvalue weighted by Crippen LogP contribution is 2.32. The van der Waals surface area contributed by atoms with Gasteiger partial charge in [-0.1, -0.05) is 18.2 Å². The summed E-state index contributed by atoms with van der Waals surface area (Å²) in [5.74, 6) is -0.429. The van der Waals surface area contributed by atoms with Gasteiger partial charge in [0.1, 0.15) is 12.1 Å². The number of likely N-dealkylation sites (N-methyl/N-ethyl adjacent to an activating group) is 1. The number of carbonyl (C=O) groups excluding carboxylic acids is 1. The third-order valence-electron chi connectivity index (χ3n) is 6.53. The first-order chi connectivity index (χ1) is 18.4. The van der Waals surface area contributed by atoms with Crippen LogP contribution in [0.15, 0.2) is 72.4 Å². The molecule has 0 aliphatic carbocycles. The summed E-state index contributed by atoms with van der Waals surface area (Å²) in [4.78, 5) is 22.0. The third-order valence-corrected chi connectivity index (χ3v) is 7.34. The van der Waals surface area contributed by atoms with Crippen molar-refractivity contribution in [3.05, 3.63) is 83.8 Å². The van der Waals surface area contributed by atoms with Crippen LogP contribution in [0.3, 0.4) is 0 Å². The van der Waals surface area contributed by atoms with Crippen LogP contribution in [0.25, 0.3) is 32.2 Å². The number of halogens is 1. The quantitative estimate of drug-likeness (QED) is 0.260. The van der Waals surface area contributed by atoms with Crippen molar-refractivity contribution in [2.45, 2.75) is 25.9 Å². The molecule has 6 nitrogen and oxygen atoms in total. The summed E-state index contributed by atoms with van der Waals surface area (Å²) in [7, 11) is 2.17. The van der Waals surface area contributed by atoms with Gasteiger partial charge in [-0.25, -0.2) is 9.37 Å². The first kappa shape index (κ1) is 25.9. The van der Waals surface area contributed by atoms with Gasteiger partial charge < -0.3 is 15.5 Å². The average molecular weight is 528 g/mol. The molecule has 3 heterocycles. The Bertz CT molecular complexity index is 1560. The molecule has 1 fully saturated rings. The lowest BCUT2D eigenvalue weighted by Crippen LogP contribution is -2.52. The van der Waals surface area contributed by atoms with Crippen LogP contribution in [0.2, 0.25) is 0 Å². The summed E-state index contributed by atoms with van der Waals surface area (Å²) < 4.78 is 15.6. The van der Waals surface area contributed by atoms with Gasteiger partial charge >= 0.3 is 0 Å². The Kier molecular flexibility index (Phi) is 7.74. The molecule has 1 saturated heterocycles. The number of pyridine rings is 1. The van der Waals surface area contributed by atoms with Crippen molar-refractivity contribution in [2.75, 3.05) is 25.5 Å². The van der Waals surface area contributed by atoms with Crippen molar-refractivity contribution in [3.8, 4) is 11.1 Å². The van der Waals surface area contributed by atoms with Crippen molar-refractivity contribution in [1.29, 1.82) is 0 Å². The van der Waals surface area contributed by atoms with Crippen LogP contribution < -0.4 is 10.6 Å². The van der Waals surface area contributed by atoms with E-state index in [1.807, 2.05) is 48.0 Å². The number of rotatable bonds is 4. The fourth-order valence-corrected chi connectivity index (χ4v) is 5.61. The Morgan fingerprint density at radius 2 is 1.82 bits per heavy atom. The maximum absolute atomic E-state index is 14.5. The number of nitrogens with zero attached hydrogens (tertiary/aromatic N) is 3. The zero-order valence-corrected chi connectivity index (χ0v) is 22.4. The highest BCUT2D eigenvalue weighted by Gasteiger charge is 2.16. The maximum Gasteiger partial charge on any atom is 0.150 e. The molecule has 2 aromatic heterocycles. The van der Waals surface area contributed by atoms with Gasteiger partial charge in [-0.05, 0) is 68.9 Å². The second-order valence-electron chi connectivity index (χ2n) is 9.80. The third kappa shape index (κ3) is 5.88. The topological polar surface area (TPSA) is 70.2 Å². The predicted octanol–water partition coefficient (Wildman–Crippen LogP) is 6.51. The first-order valence-electron chi connectivity index (χ1n) is 12.6. The molecule has 3 aromatic carbocycles. The van der Waals surface area contributed by atoms with Gasteiger partial charge in [0.25, 0.3) is 0 Å². The second kappa shape index (κ2) is 11.3. The average Bonchev–Trinajstić information content (AvgIpc) is 3.36. The molecular weight excluding hydrogens is 497 g/mol. The fourth-order valence-electron chi connectivity index (χ4n) is 4.95. The van der Waals surface area contributed by atoms with E-state index >= 15 is 0 Å². The minimum absolute atomic E-state index is 0.313. The summed E-state index contributed by atoms with van der Waals surface area (Å²) >= 11 is 1.60. The molecule has 38 heavy (non-hydrogen) atoms. The van der Waals surface area contributed by atoms with E-state index < -0.39 is 5.82 Å². The number of aldehydes is 1. The van der Waals surface area contributed by atoms with Crippen LogP contribution in [0, 0.1) is 5.82 Å². The molecule has 194 valence electrons. The number of carbonyl (C=O) groups is 1. The number of nitrogens with one attached hydrogen (secondary N) is 2. The Hall–Kier alpha value is -3.72. The number of hydrogen-bond acceptors (Lipinski definition) is 7. The number of anilines is 2. The van der Waals surface area contributed by atoms with Crippen molar-refractivity contribution in [2.24, 2.45) is 0 Å². The SMILES string of the molecule is CC1CN(C)CC(C)N1.O=Cc1ccc(-c2ccc3nccc(Nc4ccc5scnc5c4)c3c2)c(F)c1. The summed E-state index contributed by atoms with van der Waals surface area (Å²) in [5, 5.41) is 7.77. The standard InChI is InChI=1S/C23H14FN3OS.C7H16N2/c24-19-9-14(12-28)1-4-17(19)15-2-5-20-18(10-15)21(7-8-25-20)27-16-3-6-23-22(11-16)26-13-29-23;1-6-4-9(3)5-7(2)8-6/h1-13H,(H,25,27);6-8H,4-5H2,1-3H3. The molecule has 6 rings (SSSR count). The van der Waals surface area contributed by atoms with Crippen LogP contribution in [0.4, 0.5) is 15.8 Å². The van der Waals surface area contributed by atoms with E-state index in [2.05, 4.69) is 46.4 Å². The largest absolute Gasteiger partial charge is 0.355 e. The number of hydrogen-bond donors (Lipinski definition) is 2. The number of aromatic nitrogens is 2. The summed E-state index contributed by atoms with van der Waals surface area (Å²) in [6.45, 7) is 6.83. The van der Waals surface area contributed by atoms with Crippen LogP contribution >= 0.6 is 11.3 Å². The first-order valence-corrected chi connectivity index (χ1v) is 13.5. The van der Waals surface area contributed by atoms with Crippen molar-refractivity contribution < 1.29 is 9.18 Å². The lowest BCUT2D eigenvalue weighted by atomic mass is 10.0. The molecule has 1 aliphatic rings. The van der Waals surface area contributed by atoms with Gasteiger partial charge in [-0.2, -0.15) is 0 Å². The molecule has 0 radical (unpaired) electrons. The highest BCUT2D eigenvalue weighted by molar-refractivity contribution is 7.16. The predicted molar refractivity (Wildman–Crippen MR) is 155 cm³/mol. The van der Waals surface area contributed by atoms with E-state index in [1.54, 1.807) is 29.7 Å². The van der Waals surface area contributed by atoms with Crippen molar-refractivity contribution in [1.82, 2.24) is 20.2 Å². The maximum atomic E-state index is 14.5. The van der Waals surface area contributed by atoms with E-state index in [4.69, 9.17) is 0 Å². The monoisotopic (exact) mass is 527 g/mol. The lowest BCUT2D eigenvalue weighted by Gasteiger charge is -2.33. The van der Waals surface area contributed by atoms with Gasteiger partial charge in [0.05, 0.1) is 21.2 Å². The summed E-state index contributed by atoms with van der Waals surface area (Å²) in [5.41, 5.74) is 6.84. The minimum atomic E-state index is -0.429.